The number of rotatable bonds is 2. The largest absolute Gasteiger partial charge is 0.314 e. The average molecular weight is 181 g/mol. The van der Waals surface area contributed by atoms with Crippen LogP contribution in [0.3, 0.4) is 0 Å². The second kappa shape index (κ2) is 3.40. The molecule has 0 amide bonds. The van der Waals surface area contributed by atoms with Crippen molar-refractivity contribution in [3.8, 4) is 0 Å². The Bertz CT molecular complexity index is 336. The molecule has 0 radical (unpaired) electrons. The van der Waals surface area contributed by atoms with E-state index in [1.165, 1.54) is 11.1 Å². The van der Waals surface area contributed by atoms with E-state index in [2.05, 4.69) is 0 Å². The molecule has 0 bridgehead atoms. The molecule has 0 saturated carbocycles. The van der Waals surface area contributed by atoms with Crippen molar-refractivity contribution in [3.63, 3.8) is 0 Å². The molecule has 0 saturated heterocycles. The van der Waals surface area contributed by atoms with Gasteiger partial charge in [-0.25, -0.2) is 5.84 Å². The smallest absolute Gasteiger partial charge is 0.274 e. The number of nitrogens with zero attached hydrogens (tertiary/aromatic N) is 2. The number of nitro groups is 1. The van der Waals surface area contributed by atoms with Crippen LogP contribution < -0.4 is 10.9 Å². The first kappa shape index (κ1) is 9.47. The molecule has 1 aromatic rings. The summed E-state index contributed by atoms with van der Waals surface area (Å²) in [6.07, 6.45) is 0. The first-order valence-corrected chi connectivity index (χ1v) is 3.76. The van der Waals surface area contributed by atoms with Crippen LogP contribution in [0.4, 0.5) is 11.4 Å². The van der Waals surface area contributed by atoms with Gasteiger partial charge < -0.3 is 5.01 Å². The van der Waals surface area contributed by atoms with Gasteiger partial charge in [0.2, 0.25) is 0 Å². The van der Waals surface area contributed by atoms with E-state index in [0.29, 0.717) is 11.3 Å². The molecule has 0 aliphatic heterocycles. The lowest BCUT2D eigenvalue weighted by Gasteiger charge is -2.14. The molecule has 1 rings (SSSR count). The molecule has 0 atom stereocenters. The first-order chi connectivity index (χ1) is 6.04. The number of hydrogen-bond donors (Lipinski definition) is 1. The van der Waals surface area contributed by atoms with E-state index in [0.717, 1.165) is 0 Å². The van der Waals surface area contributed by atoms with Crippen LogP contribution in [0.2, 0.25) is 0 Å². The van der Waals surface area contributed by atoms with Crippen molar-refractivity contribution >= 4 is 11.4 Å². The highest BCUT2D eigenvalue weighted by molar-refractivity contribution is 5.60. The standard InChI is InChI=1S/C8H11N3O2/c1-6-7(10(2)9)4-3-5-8(6)11(12)13/h3-5H,9H2,1-2H3. The van der Waals surface area contributed by atoms with Gasteiger partial charge in [-0.15, -0.1) is 0 Å². The number of nitro benzene ring substituents is 1. The average Bonchev–Trinajstić information content (AvgIpc) is 2.03. The summed E-state index contributed by atoms with van der Waals surface area (Å²) in [5.74, 6) is 5.49. The fourth-order valence-electron chi connectivity index (χ4n) is 1.19. The Kier molecular flexibility index (Phi) is 2.48. The van der Waals surface area contributed by atoms with Gasteiger partial charge in [0.15, 0.2) is 0 Å². The van der Waals surface area contributed by atoms with Crippen LogP contribution in [0.1, 0.15) is 5.56 Å². The third kappa shape index (κ3) is 1.75. The van der Waals surface area contributed by atoms with Crippen molar-refractivity contribution in [1.82, 2.24) is 0 Å². The van der Waals surface area contributed by atoms with Crippen LogP contribution in [0.5, 0.6) is 0 Å². The van der Waals surface area contributed by atoms with Gasteiger partial charge in [0.25, 0.3) is 5.69 Å². The maximum Gasteiger partial charge on any atom is 0.274 e. The van der Waals surface area contributed by atoms with Gasteiger partial charge in [-0.2, -0.15) is 0 Å². The van der Waals surface area contributed by atoms with Gasteiger partial charge in [-0.05, 0) is 13.0 Å². The number of nitrogens with two attached hydrogens (primary N) is 1. The molecular weight excluding hydrogens is 170 g/mol. The maximum atomic E-state index is 10.5. The summed E-state index contributed by atoms with van der Waals surface area (Å²) in [7, 11) is 1.64. The summed E-state index contributed by atoms with van der Waals surface area (Å²) in [6, 6.07) is 4.81. The monoisotopic (exact) mass is 181 g/mol. The van der Waals surface area contributed by atoms with E-state index in [4.69, 9.17) is 5.84 Å². The molecule has 0 fully saturated rings. The fourth-order valence-corrected chi connectivity index (χ4v) is 1.19. The predicted molar refractivity (Wildman–Crippen MR) is 50.4 cm³/mol. The third-order valence-corrected chi connectivity index (χ3v) is 1.85. The van der Waals surface area contributed by atoms with E-state index in [1.54, 1.807) is 26.1 Å². The maximum absolute atomic E-state index is 10.5. The van der Waals surface area contributed by atoms with Crippen LogP contribution in [-0.4, -0.2) is 12.0 Å². The molecule has 0 unspecified atom stereocenters. The molecule has 0 aliphatic rings. The summed E-state index contributed by atoms with van der Waals surface area (Å²) < 4.78 is 0. The summed E-state index contributed by atoms with van der Waals surface area (Å²) in [4.78, 5) is 10.1. The minimum Gasteiger partial charge on any atom is -0.314 e. The Hall–Kier alpha value is -1.62. The quantitative estimate of drug-likeness (QED) is 0.423. The van der Waals surface area contributed by atoms with Crippen LogP contribution in [-0.2, 0) is 0 Å². The molecule has 0 aromatic heterocycles. The molecule has 70 valence electrons. The van der Waals surface area contributed by atoms with E-state index in [9.17, 15) is 10.1 Å². The molecule has 0 spiro atoms. The topological polar surface area (TPSA) is 72.4 Å². The van der Waals surface area contributed by atoms with Gasteiger partial charge >= 0.3 is 0 Å². The number of hydrogen-bond acceptors (Lipinski definition) is 4. The molecular formula is C8H11N3O2. The summed E-state index contributed by atoms with van der Waals surface area (Å²) in [6.45, 7) is 1.68. The summed E-state index contributed by atoms with van der Waals surface area (Å²) in [5, 5.41) is 11.9. The SMILES string of the molecule is Cc1c(N(C)N)cccc1[N+](=O)[O-]. The lowest BCUT2D eigenvalue weighted by Crippen LogP contribution is -2.25. The zero-order valence-electron chi connectivity index (χ0n) is 7.52. The lowest BCUT2D eigenvalue weighted by molar-refractivity contribution is -0.385. The van der Waals surface area contributed by atoms with Crippen molar-refractivity contribution < 1.29 is 4.92 Å². The van der Waals surface area contributed by atoms with Gasteiger partial charge in [-0.1, -0.05) is 6.07 Å². The zero-order valence-corrected chi connectivity index (χ0v) is 7.52. The van der Waals surface area contributed by atoms with Gasteiger partial charge in [-0.3, -0.25) is 10.1 Å². The highest BCUT2D eigenvalue weighted by Gasteiger charge is 2.13. The van der Waals surface area contributed by atoms with Gasteiger partial charge in [0.1, 0.15) is 0 Å². The minimum absolute atomic E-state index is 0.0924. The van der Waals surface area contributed by atoms with Crippen LogP contribution >= 0.6 is 0 Å². The Labute approximate surface area is 75.9 Å². The number of benzene rings is 1. The Morgan fingerprint density at radius 3 is 2.62 bits per heavy atom. The molecule has 1 aromatic carbocycles. The number of anilines is 1. The summed E-state index contributed by atoms with van der Waals surface area (Å²) in [5.41, 5.74) is 1.33. The highest BCUT2D eigenvalue weighted by atomic mass is 16.6. The highest BCUT2D eigenvalue weighted by Crippen LogP contribution is 2.25. The fraction of sp³-hybridized carbons (Fsp3) is 0.250. The Morgan fingerprint density at radius 1 is 1.54 bits per heavy atom. The van der Waals surface area contributed by atoms with Crippen LogP contribution in [0.15, 0.2) is 18.2 Å². The first-order valence-electron chi connectivity index (χ1n) is 3.76. The molecule has 2 N–H and O–H groups in total. The van der Waals surface area contributed by atoms with Gasteiger partial charge in [0.05, 0.1) is 16.2 Å². The summed E-state index contributed by atoms with van der Waals surface area (Å²) >= 11 is 0. The van der Waals surface area contributed by atoms with Gasteiger partial charge in [0, 0.05) is 13.1 Å². The van der Waals surface area contributed by atoms with E-state index in [-0.39, 0.29) is 5.69 Å². The number of hydrazine groups is 1. The van der Waals surface area contributed by atoms with Crippen molar-refractivity contribution in [3.05, 3.63) is 33.9 Å². The Balaban J connectivity index is 3.26. The molecule has 0 heterocycles. The van der Waals surface area contributed by atoms with E-state index < -0.39 is 4.92 Å². The van der Waals surface area contributed by atoms with E-state index in [1.807, 2.05) is 0 Å². The third-order valence-electron chi connectivity index (χ3n) is 1.85. The lowest BCUT2D eigenvalue weighted by atomic mass is 10.1. The molecule has 5 nitrogen and oxygen atoms in total. The molecule has 13 heavy (non-hydrogen) atoms. The second-order valence-electron chi connectivity index (χ2n) is 2.79. The molecule has 5 heteroatoms. The minimum atomic E-state index is -0.414. The van der Waals surface area contributed by atoms with Crippen molar-refractivity contribution in [2.24, 2.45) is 5.84 Å². The van der Waals surface area contributed by atoms with Crippen molar-refractivity contribution in [2.75, 3.05) is 12.1 Å². The van der Waals surface area contributed by atoms with E-state index >= 15 is 0 Å². The molecule has 0 aliphatic carbocycles. The van der Waals surface area contributed by atoms with Crippen LogP contribution in [0.25, 0.3) is 0 Å². The Morgan fingerprint density at radius 2 is 2.15 bits per heavy atom. The van der Waals surface area contributed by atoms with Crippen molar-refractivity contribution in [2.45, 2.75) is 6.92 Å². The zero-order chi connectivity index (χ0) is 10.0. The normalized spacial score (nSPS) is 9.77. The van der Waals surface area contributed by atoms with Crippen molar-refractivity contribution in [1.29, 1.82) is 0 Å². The second-order valence-corrected chi connectivity index (χ2v) is 2.79. The van der Waals surface area contributed by atoms with Crippen LogP contribution in [0, 0.1) is 17.0 Å². The predicted octanol–water partition coefficient (Wildman–Crippen LogP) is 1.21.